The molecule has 2 heterocycles. The molecule has 0 spiro atoms. The minimum absolute atomic E-state index is 0.0308. The molecule has 2 aromatic carbocycles. The second-order valence-electron chi connectivity index (χ2n) is 7.06. The molecular weight excluding hydrogens is 393 g/mol. The molecule has 4 rings (SSSR count). The second-order valence-corrected chi connectivity index (χ2v) is 7.06. The number of carbonyl (C=O) groups is 1. The number of furan rings is 1. The summed E-state index contributed by atoms with van der Waals surface area (Å²) in [4.78, 5) is 36.7. The van der Waals surface area contributed by atoms with Crippen LogP contribution >= 0.6 is 0 Å². The van der Waals surface area contributed by atoms with Gasteiger partial charge in [-0.1, -0.05) is 6.92 Å². The molecule has 156 valence electrons. The molecule has 3 N–H and O–H groups in total. The van der Waals surface area contributed by atoms with Gasteiger partial charge in [0, 0.05) is 18.2 Å². The van der Waals surface area contributed by atoms with Gasteiger partial charge in [0.1, 0.15) is 28.6 Å². The van der Waals surface area contributed by atoms with E-state index in [1.807, 2.05) is 6.92 Å². The molecule has 0 bridgehead atoms. The first kappa shape index (κ1) is 19.7. The summed E-state index contributed by atoms with van der Waals surface area (Å²) < 4.78 is 25.5. The Morgan fingerprint density at radius 3 is 2.57 bits per heavy atom. The summed E-state index contributed by atoms with van der Waals surface area (Å²) >= 11 is 0. The van der Waals surface area contributed by atoms with Crippen molar-refractivity contribution in [3.63, 3.8) is 0 Å². The molecule has 0 fully saturated rings. The monoisotopic (exact) mass is 413 g/mol. The highest BCUT2D eigenvalue weighted by molar-refractivity contribution is 6.05. The van der Waals surface area contributed by atoms with Crippen molar-refractivity contribution in [2.75, 3.05) is 17.7 Å². The van der Waals surface area contributed by atoms with E-state index in [4.69, 9.17) is 9.15 Å². The molecule has 0 saturated carbocycles. The van der Waals surface area contributed by atoms with Gasteiger partial charge in [0.2, 0.25) is 0 Å². The zero-order valence-corrected chi connectivity index (χ0v) is 16.6. The average molecular weight is 413 g/mol. The predicted molar refractivity (Wildman–Crippen MR) is 109 cm³/mol. The van der Waals surface area contributed by atoms with Gasteiger partial charge in [-0.25, -0.2) is 4.39 Å². The fourth-order valence-corrected chi connectivity index (χ4v) is 3.62. The second kappa shape index (κ2) is 7.33. The number of halogens is 1. The van der Waals surface area contributed by atoms with E-state index in [1.54, 1.807) is 19.1 Å². The minimum Gasteiger partial charge on any atom is -0.496 e. The van der Waals surface area contributed by atoms with Gasteiger partial charge in [-0.3, -0.25) is 14.4 Å². The standard InChI is InChI=1S/C21H20FN3O5/c1-4-12(13-6-5-9(2)30-13)24-17-18(20(27)19(17)26)25-16-11(22)7-14(29-3)10-8-23-21(28)15(10)16/h5-7,12,24-25H,4,8H2,1-3H3,(H,23,28). The largest absolute Gasteiger partial charge is 0.496 e. The zero-order valence-electron chi connectivity index (χ0n) is 16.6. The van der Waals surface area contributed by atoms with Crippen LogP contribution in [0.2, 0.25) is 0 Å². The lowest BCUT2D eigenvalue weighted by molar-refractivity contribution is 0.0966. The Hall–Kier alpha value is -3.62. The molecule has 0 saturated heterocycles. The van der Waals surface area contributed by atoms with Crippen LogP contribution in [0.5, 0.6) is 5.75 Å². The van der Waals surface area contributed by atoms with Gasteiger partial charge in [-0.2, -0.15) is 0 Å². The topological polar surface area (TPSA) is 110 Å². The maximum atomic E-state index is 14.8. The number of benzene rings is 1. The first-order valence-corrected chi connectivity index (χ1v) is 9.46. The quantitative estimate of drug-likeness (QED) is 0.511. The summed E-state index contributed by atoms with van der Waals surface area (Å²) in [6, 6.07) is 4.38. The van der Waals surface area contributed by atoms with Crippen LogP contribution in [0.4, 0.5) is 21.5 Å². The summed E-state index contributed by atoms with van der Waals surface area (Å²) in [6.45, 7) is 3.88. The number of nitrogens with one attached hydrogen (secondary N) is 3. The fraction of sp³-hybridized carbons (Fsp3) is 0.286. The summed E-state index contributed by atoms with van der Waals surface area (Å²) in [5, 5.41) is 8.29. The highest BCUT2D eigenvalue weighted by Gasteiger charge is 2.32. The van der Waals surface area contributed by atoms with Gasteiger partial charge >= 0.3 is 0 Å². The van der Waals surface area contributed by atoms with Crippen LogP contribution in [0, 0.1) is 12.7 Å². The molecule has 30 heavy (non-hydrogen) atoms. The Morgan fingerprint density at radius 1 is 1.20 bits per heavy atom. The van der Waals surface area contributed by atoms with E-state index in [1.165, 1.54) is 7.11 Å². The maximum Gasteiger partial charge on any atom is 0.254 e. The van der Waals surface area contributed by atoms with Crippen LogP contribution < -0.4 is 31.5 Å². The molecule has 1 unspecified atom stereocenters. The van der Waals surface area contributed by atoms with Gasteiger partial charge in [0.05, 0.1) is 24.4 Å². The number of hydrogen-bond acceptors (Lipinski definition) is 7. The number of amides is 1. The predicted octanol–water partition coefficient (Wildman–Crippen LogP) is 2.88. The average Bonchev–Trinajstić information content (AvgIpc) is 3.34. The minimum atomic E-state index is -0.787. The molecule has 3 aromatic rings. The van der Waals surface area contributed by atoms with E-state index < -0.39 is 22.6 Å². The van der Waals surface area contributed by atoms with Gasteiger partial charge < -0.3 is 25.1 Å². The number of methoxy groups -OCH3 is 1. The summed E-state index contributed by atoms with van der Waals surface area (Å²) in [5.74, 6) is 0.306. The maximum absolute atomic E-state index is 14.8. The number of hydrogen-bond donors (Lipinski definition) is 3. The lowest BCUT2D eigenvalue weighted by Gasteiger charge is -2.21. The number of anilines is 3. The number of ether oxygens (including phenoxy) is 1. The fourth-order valence-electron chi connectivity index (χ4n) is 3.62. The first-order chi connectivity index (χ1) is 14.3. The highest BCUT2D eigenvalue weighted by Crippen LogP contribution is 2.37. The molecular formula is C21H20FN3O5. The molecule has 1 amide bonds. The van der Waals surface area contributed by atoms with Crippen molar-refractivity contribution in [1.29, 1.82) is 0 Å². The Balaban J connectivity index is 1.71. The Labute approximate surface area is 170 Å². The van der Waals surface area contributed by atoms with Gasteiger partial charge in [0.25, 0.3) is 16.8 Å². The van der Waals surface area contributed by atoms with Crippen LogP contribution in [0.25, 0.3) is 0 Å². The lowest BCUT2D eigenvalue weighted by atomic mass is 10.0. The Morgan fingerprint density at radius 2 is 1.93 bits per heavy atom. The van der Waals surface area contributed by atoms with Crippen molar-refractivity contribution in [1.82, 2.24) is 5.32 Å². The van der Waals surface area contributed by atoms with Crippen molar-refractivity contribution in [2.45, 2.75) is 32.9 Å². The molecule has 0 radical (unpaired) electrons. The van der Waals surface area contributed by atoms with E-state index in [0.29, 0.717) is 17.7 Å². The van der Waals surface area contributed by atoms with Crippen LogP contribution in [-0.4, -0.2) is 13.0 Å². The smallest absolute Gasteiger partial charge is 0.254 e. The van der Waals surface area contributed by atoms with E-state index >= 15 is 0 Å². The number of carbonyl (C=O) groups excluding carboxylic acids is 1. The van der Waals surface area contributed by atoms with Crippen LogP contribution in [0.15, 0.2) is 32.2 Å². The van der Waals surface area contributed by atoms with Gasteiger partial charge in [-0.05, 0) is 25.5 Å². The molecule has 1 aliphatic rings. The Kier molecular flexibility index (Phi) is 4.81. The molecule has 0 aliphatic carbocycles. The molecule has 1 atom stereocenters. The van der Waals surface area contributed by atoms with Crippen molar-refractivity contribution in [2.24, 2.45) is 0 Å². The van der Waals surface area contributed by atoms with Crippen LogP contribution in [-0.2, 0) is 6.54 Å². The van der Waals surface area contributed by atoms with Crippen LogP contribution in [0.3, 0.4) is 0 Å². The van der Waals surface area contributed by atoms with E-state index in [0.717, 1.165) is 11.8 Å². The third-order valence-electron chi connectivity index (χ3n) is 5.21. The Bertz CT molecular complexity index is 1220. The normalized spacial score (nSPS) is 13.8. The molecule has 8 nitrogen and oxygen atoms in total. The first-order valence-electron chi connectivity index (χ1n) is 9.46. The molecule has 1 aromatic heterocycles. The highest BCUT2D eigenvalue weighted by atomic mass is 19.1. The number of fused-ring (bicyclic) bond motifs is 1. The van der Waals surface area contributed by atoms with Crippen molar-refractivity contribution < 1.29 is 18.3 Å². The third-order valence-corrected chi connectivity index (χ3v) is 5.21. The van der Waals surface area contributed by atoms with Gasteiger partial charge in [-0.15, -0.1) is 0 Å². The van der Waals surface area contributed by atoms with Gasteiger partial charge in [0.15, 0.2) is 5.82 Å². The summed E-state index contributed by atoms with van der Waals surface area (Å²) in [5.41, 5.74) is -1.19. The summed E-state index contributed by atoms with van der Waals surface area (Å²) in [6.07, 6.45) is 0.583. The van der Waals surface area contributed by atoms with Crippen LogP contribution in [0.1, 0.15) is 46.8 Å². The van der Waals surface area contributed by atoms with Crippen molar-refractivity contribution in [3.8, 4) is 5.75 Å². The third kappa shape index (κ3) is 3.02. The van der Waals surface area contributed by atoms with E-state index in [2.05, 4.69) is 16.0 Å². The van der Waals surface area contributed by atoms with Crippen molar-refractivity contribution >= 4 is 23.0 Å². The van der Waals surface area contributed by atoms with E-state index in [-0.39, 0.29) is 41.0 Å². The van der Waals surface area contributed by atoms with Crippen molar-refractivity contribution in [3.05, 3.63) is 67.1 Å². The summed E-state index contributed by atoms with van der Waals surface area (Å²) in [7, 11) is 1.38. The number of rotatable bonds is 7. The number of aryl methyl sites for hydroxylation is 1. The lowest BCUT2D eigenvalue weighted by Crippen LogP contribution is -2.37. The zero-order chi connectivity index (χ0) is 21.6. The SMILES string of the molecule is CCC(Nc1c(Nc2c(F)cc(OC)c3c2C(=O)NC3)c(=O)c1=O)c1ccc(C)o1. The molecule has 9 heteroatoms. The molecule has 1 aliphatic heterocycles. The van der Waals surface area contributed by atoms with E-state index in [9.17, 15) is 18.8 Å².